The summed E-state index contributed by atoms with van der Waals surface area (Å²) < 4.78 is 13.3. The number of piperazine rings is 1. The third kappa shape index (κ3) is 3.39. The number of carbonyl (C=O) groups excluding carboxylic acids is 1. The fourth-order valence-corrected chi connectivity index (χ4v) is 3.67. The van der Waals surface area contributed by atoms with Crippen LogP contribution in [0.2, 0.25) is 0 Å². The fraction of sp³-hybridized carbons (Fsp3) is 0.647. The zero-order valence-electron chi connectivity index (χ0n) is 13.2. The van der Waals surface area contributed by atoms with E-state index in [9.17, 15) is 9.18 Å². The number of amides is 1. The summed E-state index contributed by atoms with van der Waals surface area (Å²) in [4.78, 5) is 20.4. The van der Waals surface area contributed by atoms with Gasteiger partial charge in [0.25, 0.3) is 0 Å². The molecule has 22 heavy (non-hydrogen) atoms. The molecule has 1 saturated heterocycles. The van der Waals surface area contributed by atoms with Gasteiger partial charge < -0.3 is 9.80 Å². The standard InChI is InChI=1S/C17H24FN3O/c1-13-12-20(17(22)11-14-5-2-3-6-14)9-10-21(13)16-8-4-7-15(18)19-16/h4,7-8,13-14H,2-3,5-6,9-12H2,1H3. The highest BCUT2D eigenvalue weighted by Crippen LogP contribution is 2.28. The smallest absolute Gasteiger partial charge is 0.222 e. The van der Waals surface area contributed by atoms with E-state index in [4.69, 9.17) is 0 Å². The lowest BCUT2D eigenvalue weighted by atomic mass is 10.0. The van der Waals surface area contributed by atoms with Crippen LogP contribution in [0.5, 0.6) is 0 Å². The van der Waals surface area contributed by atoms with Crippen LogP contribution in [0, 0.1) is 11.9 Å². The van der Waals surface area contributed by atoms with Gasteiger partial charge in [0.05, 0.1) is 0 Å². The van der Waals surface area contributed by atoms with Crippen molar-refractivity contribution in [3.63, 3.8) is 0 Å². The molecule has 2 fully saturated rings. The van der Waals surface area contributed by atoms with Crippen LogP contribution in [0.1, 0.15) is 39.0 Å². The van der Waals surface area contributed by atoms with Crippen LogP contribution in [0.4, 0.5) is 10.2 Å². The van der Waals surface area contributed by atoms with Gasteiger partial charge in [0.1, 0.15) is 5.82 Å². The molecule has 2 heterocycles. The van der Waals surface area contributed by atoms with Crippen molar-refractivity contribution >= 4 is 11.7 Å². The van der Waals surface area contributed by atoms with Gasteiger partial charge in [-0.25, -0.2) is 4.98 Å². The van der Waals surface area contributed by atoms with Crippen LogP contribution in [-0.2, 0) is 4.79 Å². The van der Waals surface area contributed by atoms with Crippen molar-refractivity contribution in [1.29, 1.82) is 0 Å². The van der Waals surface area contributed by atoms with Gasteiger partial charge in [-0.1, -0.05) is 18.9 Å². The van der Waals surface area contributed by atoms with Crippen molar-refractivity contribution in [2.24, 2.45) is 5.92 Å². The first-order chi connectivity index (χ1) is 10.6. The van der Waals surface area contributed by atoms with E-state index < -0.39 is 5.95 Å². The Hall–Kier alpha value is -1.65. The third-order valence-electron chi connectivity index (χ3n) is 4.91. The zero-order valence-corrected chi connectivity index (χ0v) is 13.2. The molecular formula is C17H24FN3O. The highest BCUT2D eigenvalue weighted by Gasteiger charge is 2.29. The van der Waals surface area contributed by atoms with Crippen molar-refractivity contribution in [3.05, 3.63) is 24.1 Å². The van der Waals surface area contributed by atoms with E-state index in [-0.39, 0.29) is 11.9 Å². The van der Waals surface area contributed by atoms with Crippen LogP contribution in [0.25, 0.3) is 0 Å². The number of hydrogen-bond donors (Lipinski definition) is 0. The van der Waals surface area contributed by atoms with E-state index in [1.165, 1.54) is 31.7 Å². The summed E-state index contributed by atoms with van der Waals surface area (Å²) in [6, 6.07) is 5.03. The Kier molecular flexibility index (Phi) is 4.60. The van der Waals surface area contributed by atoms with E-state index >= 15 is 0 Å². The van der Waals surface area contributed by atoms with Crippen LogP contribution < -0.4 is 4.90 Å². The Morgan fingerprint density at radius 1 is 1.32 bits per heavy atom. The maximum atomic E-state index is 13.3. The first-order valence-electron chi connectivity index (χ1n) is 8.30. The highest BCUT2D eigenvalue weighted by molar-refractivity contribution is 5.77. The lowest BCUT2D eigenvalue weighted by Crippen LogP contribution is -2.54. The molecule has 0 aromatic carbocycles. The van der Waals surface area contributed by atoms with Gasteiger partial charge in [-0.15, -0.1) is 0 Å². The number of hydrogen-bond acceptors (Lipinski definition) is 3. The van der Waals surface area contributed by atoms with Gasteiger partial charge >= 0.3 is 0 Å². The van der Waals surface area contributed by atoms with Gasteiger partial charge in [0, 0.05) is 32.1 Å². The quantitative estimate of drug-likeness (QED) is 0.806. The number of halogens is 1. The Labute approximate surface area is 131 Å². The largest absolute Gasteiger partial charge is 0.350 e. The SMILES string of the molecule is CC1CN(C(=O)CC2CCCC2)CCN1c1cccc(F)n1. The maximum absolute atomic E-state index is 13.3. The molecule has 120 valence electrons. The van der Waals surface area contributed by atoms with E-state index in [1.54, 1.807) is 6.07 Å². The Morgan fingerprint density at radius 2 is 2.09 bits per heavy atom. The molecule has 1 amide bonds. The minimum Gasteiger partial charge on any atom is -0.350 e. The second-order valence-electron chi connectivity index (χ2n) is 6.56. The van der Waals surface area contributed by atoms with Crippen LogP contribution in [-0.4, -0.2) is 41.5 Å². The van der Waals surface area contributed by atoms with Crippen LogP contribution >= 0.6 is 0 Å². The van der Waals surface area contributed by atoms with Gasteiger partial charge in [0.15, 0.2) is 0 Å². The van der Waals surface area contributed by atoms with E-state index in [1.807, 2.05) is 11.0 Å². The number of pyridine rings is 1. The molecule has 1 aliphatic heterocycles. The van der Waals surface area contributed by atoms with Gasteiger partial charge in [-0.05, 0) is 37.8 Å². The minimum atomic E-state index is -0.454. The third-order valence-corrected chi connectivity index (χ3v) is 4.91. The van der Waals surface area contributed by atoms with Crippen molar-refractivity contribution in [1.82, 2.24) is 9.88 Å². The van der Waals surface area contributed by atoms with Crippen molar-refractivity contribution in [3.8, 4) is 0 Å². The van der Waals surface area contributed by atoms with E-state index in [2.05, 4.69) is 16.8 Å². The van der Waals surface area contributed by atoms with Crippen LogP contribution in [0.3, 0.4) is 0 Å². The Bertz CT molecular complexity index is 530. The second kappa shape index (κ2) is 6.63. The molecule has 2 aliphatic rings. The number of nitrogens with zero attached hydrogens (tertiary/aromatic N) is 3. The first-order valence-corrected chi connectivity index (χ1v) is 8.30. The molecule has 3 rings (SSSR count). The molecule has 1 aromatic rings. The van der Waals surface area contributed by atoms with Gasteiger partial charge in [-0.2, -0.15) is 4.39 Å². The van der Waals surface area contributed by atoms with Gasteiger partial charge in [-0.3, -0.25) is 4.79 Å². The zero-order chi connectivity index (χ0) is 15.5. The van der Waals surface area contributed by atoms with Crippen molar-refractivity contribution in [2.45, 2.75) is 45.1 Å². The molecule has 5 heteroatoms. The van der Waals surface area contributed by atoms with E-state index in [0.29, 0.717) is 37.8 Å². The minimum absolute atomic E-state index is 0.163. The summed E-state index contributed by atoms with van der Waals surface area (Å²) in [7, 11) is 0. The van der Waals surface area contributed by atoms with E-state index in [0.717, 1.165) is 0 Å². The summed E-state index contributed by atoms with van der Waals surface area (Å²) in [5.74, 6) is 1.08. The van der Waals surface area contributed by atoms with Crippen molar-refractivity contribution < 1.29 is 9.18 Å². The monoisotopic (exact) mass is 305 g/mol. The normalized spacial score (nSPS) is 23.1. The van der Waals surface area contributed by atoms with Crippen molar-refractivity contribution in [2.75, 3.05) is 24.5 Å². The molecule has 1 aliphatic carbocycles. The molecule has 4 nitrogen and oxygen atoms in total. The number of aromatic nitrogens is 1. The fourth-order valence-electron chi connectivity index (χ4n) is 3.67. The predicted molar refractivity (Wildman–Crippen MR) is 84.2 cm³/mol. The number of anilines is 1. The Balaban J connectivity index is 1.58. The lowest BCUT2D eigenvalue weighted by Gasteiger charge is -2.40. The maximum Gasteiger partial charge on any atom is 0.222 e. The molecular weight excluding hydrogens is 281 g/mol. The highest BCUT2D eigenvalue weighted by atomic mass is 19.1. The first kappa shape index (κ1) is 15.3. The van der Waals surface area contributed by atoms with Gasteiger partial charge in [0.2, 0.25) is 11.9 Å². The predicted octanol–water partition coefficient (Wildman–Crippen LogP) is 2.84. The molecule has 0 N–H and O–H groups in total. The molecule has 0 bridgehead atoms. The summed E-state index contributed by atoms with van der Waals surface area (Å²) >= 11 is 0. The summed E-state index contributed by atoms with van der Waals surface area (Å²) in [6.45, 7) is 4.19. The lowest BCUT2D eigenvalue weighted by molar-refractivity contribution is -0.132. The molecule has 1 aromatic heterocycles. The molecule has 0 radical (unpaired) electrons. The summed E-state index contributed by atoms with van der Waals surface area (Å²) in [5.41, 5.74) is 0. The molecule has 1 saturated carbocycles. The molecule has 1 unspecified atom stereocenters. The van der Waals surface area contributed by atoms with Crippen LogP contribution in [0.15, 0.2) is 18.2 Å². The Morgan fingerprint density at radius 3 is 2.77 bits per heavy atom. The molecule has 1 atom stereocenters. The number of carbonyl (C=O) groups is 1. The second-order valence-corrected chi connectivity index (χ2v) is 6.56. The summed E-state index contributed by atoms with van der Waals surface area (Å²) in [6.07, 6.45) is 5.65. The average Bonchev–Trinajstić information content (AvgIpc) is 3.00. The number of rotatable bonds is 3. The summed E-state index contributed by atoms with van der Waals surface area (Å²) in [5, 5.41) is 0. The average molecular weight is 305 g/mol. The topological polar surface area (TPSA) is 36.4 Å². The molecule has 0 spiro atoms.